The average Bonchev–Trinajstić information content (AvgIpc) is 3.01. The molecule has 1 saturated heterocycles. The number of rotatable bonds is 6. The van der Waals surface area contributed by atoms with Crippen LogP contribution in [-0.2, 0) is 4.79 Å². The first kappa shape index (κ1) is 20.6. The molecule has 0 saturated carbocycles. The van der Waals surface area contributed by atoms with Crippen molar-refractivity contribution >= 4 is 57.8 Å². The van der Waals surface area contributed by atoms with Gasteiger partial charge in [0.25, 0.3) is 5.91 Å². The third-order valence-corrected chi connectivity index (χ3v) is 5.41. The van der Waals surface area contributed by atoms with Crippen molar-refractivity contribution in [2.45, 2.75) is 13.8 Å². The molecular formula is C20H18Cl2N2O3S. The molecule has 1 N–H and O–H groups in total. The molecule has 146 valence electrons. The molecule has 1 heterocycles. The number of carbonyl (C=O) groups excluding carboxylic acids is 1. The smallest absolute Gasteiger partial charge is 0.264 e. The maximum Gasteiger partial charge on any atom is 0.264 e. The van der Waals surface area contributed by atoms with Crippen molar-refractivity contribution in [1.29, 1.82) is 0 Å². The SMILES string of the molecule is CCOc1ccc(/C=C2/SC(=Nc3cccc(Cl)c3Cl)NC2=O)c(OCC)c1. The zero-order valence-corrected chi connectivity index (χ0v) is 17.6. The number of halogens is 2. The molecule has 1 fully saturated rings. The summed E-state index contributed by atoms with van der Waals surface area (Å²) in [6.45, 7) is 4.89. The summed E-state index contributed by atoms with van der Waals surface area (Å²) in [6.07, 6.45) is 1.77. The summed E-state index contributed by atoms with van der Waals surface area (Å²) in [5, 5.41) is 3.92. The predicted octanol–water partition coefficient (Wildman–Crippen LogP) is 5.68. The molecule has 0 radical (unpaired) electrons. The number of thioether (sulfide) groups is 1. The molecule has 28 heavy (non-hydrogen) atoms. The first-order valence-electron chi connectivity index (χ1n) is 8.65. The predicted molar refractivity (Wildman–Crippen MR) is 116 cm³/mol. The van der Waals surface area contributed by atoms with Gasteiger partial charge in [-0.05, 0) is 56.0 Å². The third-order valence-electron chi connectivity index (χ3n) is 3.69. The molecule has 2 aromatic carbocycles. The standard InChI is InChI=1S/C20H18Cl2N2O3S/c1-3-26-13-9-8-12(16(11-13)27-4-2)10-17-19(25)24-20(28-17)23-15-7-5-6-14(21)18(15)22/h5-11H,3-4H2,1-2H3,(H,23,24,25)/b17-10+. The molecule has 3 rings (SSSR count). The summed E-state index contributed by atoms with van der Waals surface area (Å²) in [7, 11) is 0. The van der Waals surface area contributed by atoms with Crippen LogP contribution in [0.25, 0.3) is 6.08 Å². The Morgan fingerprint density at radius 1 is 1.14 bits per heavy atom. The van der Waals surface area contributed by atoms with Crippen molar-refractivity contribution in [3.63, 3.8) is 0 Å². The van der Waals surface area contributed by atoms with E-state index < -0.39 is 0 Å². The Bertz CT molecular complexity index is 960. The Balaban J connectivity index is 1.88. The highest BCUT2D eigenvalue weighted by Gasteiger charge is 2.24. The van der Waals surface area contributed by atoms with Crippen LogP contribution in [-0.4, -0.2) is 24.3 Å². The van der Waals surface area contributed by atoms with Crippen LogP contribution in [0.3, 0.4) is 0 Å². The number of amides is 1. The number of hydrogen-bond donors (Lipinski definition) is 1. The van der Waals surface area contributed by atoms with Gasteiger partial charge in [0, 0.05) is 11.6 Å². The van der Waals surface area contributed by atoms with Gasteiger partial charge in [-0.3, -0.25) is 4.79 Å². The van der Waals surface area contributed by atoms with Gasteiger partial charge in [-0.15, -0.1) is 0 Å². The van der Waals surface area contributed by atoms with Crippen LogP contribution in [0.15, 0.2) is 46.3 Å². The number of ether oxygens (including phenoxy) is 2. The number of benzene rings is 2. The fourth-order valence-electron chi connectivity index (χ4n) is 2.48. The minimum Gasteiger partial charge on any atom is -0.494 e. The Morgan fingerprint density at radius 3 is 2.68 bits per heavy atom. The van der Waals surface area contributed by atoms with E-state index in [2.05, 4.69) is 10.3 Å². The number of amidine groups is 1. The second kappa shape index (κ2) is 9.37. The normalized spacial score (nSPS) is 16.5. The molecule has 2 aromatic rings. The number of carbonyl (C=O) groups is 1. The van der Waals surface area contributed by atoms with E-state index in [9.17, 15) is 4.79 Å². The largest absolute Gasteiger partial charge is 0.494 e. The topological polar surface area (TPSA) is 59.9 Å². The van der Waals surface area contributed by atoms with Gasteiger partial charge in [0.15, 0.2) is 5.17 Å². The molecule has 8 heteroatoms. The van der Waals surface area contributed by atoms with E-state index in [0.717, 1.165) is 11.3 Å². The summed E-state index contributed by atoms with van der Waals surface area (Å²) >= 11 is 13.4. The van der Waals surface area contributed by atoms with Crippen LogP contribution in [0.2, 0.25) is 10.0 Å². The van der Waals surface area contributed by atoms with E-state index in [1.807, 2.05) is 32.0 Å². The van der Waals surface area contributed by atoms with E-state index in [1.54, 1.807) is 24.3 Å². The second-order valence-corrected chi connectivity index (χ2v) is 7.44. The molecule has 0 spiro atoms. The van der Waals surface area contributed by atoms with E-state index in [4.69, 9.17) is 32.7 Å². The monoisotopic (exact) mass is 436 g/mol. The highest BCUT2D eigenvalue weighted by Crippen LogP contribution is 2.35. The van der Waals surface area contributed by atoms with Crippen molar-refractivity contribution in [3.05, 3.63) is 56.9 Å². The Hall–Kier alpha value is -2.15. The Morgan fingerprint density at radius 2 is 1.93 bits per heavy atom. The van der Waals surface area contributed by atoms with Gasteiger partial charge >= 0.3 is 0 Å². The lowest BCUT2D eigenvalue weighted by Gasteiger charge is -2.10. The quantitative estimate of drug-likeness (QED) is 0.591. The zero-order chi connectivity index (χ0) is 20.1. The van der Waals surface area contributed by atoms with Crippen LogP contribution >= 0.6 is 35.0 Å². The minimum atomic E-state index is -0.238. The van der Waals surface area contributed by atoms with Crippen molar-refractivity contribution in [2.75, 3.05) is 13.2 Å². The number of hydrogen-bond acceptors (Lipinski definition) is 5. The summed E-state index contributed by atoms with van der Waals surface area (Å²) in [6, 6.07) is 10.7. The van der Waals surface area contributed by atoms with E-state index >= 15 is 0 Å². The van der Waals surface area contributed by atoms with Gasteiger partial charge < -0.3 is 14.8 Å². The summed E-state index contributed by atoms with van der Waals surface area (Å²) in [5.74, 6) is 1.13. The fourth-order valence-corrected chi connectivity index (χ4v) is 3.64. The van der Waals surface area contributed by atoms with Crippen LogP contribution in [0.4, 0.5) is 5.69 Å². The number of nitrogens with zero attached hydrogens (tertiary/aromatic N) is 1. The van der Waals surface area contributed by atoms with Gasteiger partial charge in [-0.25, -0.2) is 4.99 Å². The first-order valence-corrected chi connectivity index (χ1v) is 10.2. The molecule has 0 bridgehead atoms. The van der Waals surface area contributed by atoms with Crippen LogP contribution < -0.4 is 14.8 Å². The fraction of sp³-hybridized carbons (Fsp3) is 0.200. The molecule has 5 nitrogen and oxygen atoms in total. The Kier molecular flexibility index (Phi) is 6.88. The zero-order valence-electron chi connectivity index (χ0n) is 15.3. The number of aliphatic imine (C=N–C) groups is 1. The summed E-state index contributed by atoms with van der Waals surface area (Å²) in [4.78, 5) is 17.3. The second-order valence-electron chi connectivity index (χ2n) is 5.62. The van der Waals surface area contributed by atoms with Gasteiger partial charge in [0.1, 0.15) is 11.5 Å². The minimum absolute atomic E-state index is 0.238. The van der Waals surface area contributed by atoms with Crippen molar-refractivity contribution in [1.82, 2.24) is 5.32 Å². The van der Waals surface area contributed by atoms with Crippen LogP contribution in [0.5, 0.6) is 11.5 Å². The molecule has 0 aliphatic carbocycles. The Labute approximate surface area is 177 Å². The first-order chi connectivity index (χ1) is 13.5. The van der Waals surface area contributed by atoms with Crippen LogP contribution in [0.1, 0.15) is 19.4 Å². The van der Waals surface area contributed by atoms with Gasteiger partial charge in [-0.2, -0.15) is 0 Å². The lowest BCUT2D eigenvalue weighted by Crippen LogP contribution is -2.19. The summed E-state index contributed by atoms with van der Waals surface area (Å²) in [5.41, 5.74) is 1.28. The van der Waals surface area contributed by atoms with Gasteiger partial charge in [0.05, 0.1) is 33.9 Å². The van der Waals surface area contributed by atoms with Crippen molar-refractivity contribution < 1.29 is 14.3 Å². The van der Waals surface area contributed by atoms with E-state index in [1.165, 1.54) is 11.8 Å². The maximum atomic E-state index is 12.4. The maximum absolute atomic E-state index is 12.4. The highest BCUT2D eigenvalue weighted by atomic mass is 35.5. The molecular weight excluding hydrogens is 419 g/mol. The van der Waals surface area contributed by atoms with Crippen molar-refractivity contribution in [2.24, 2.45) is 4.99 Å². The lowest BCUT2D eigenvalue weighted by atomic mass is 10.1. The lowest BCUT2D eigenvalue weighted by molar-refractivity contribution is -0.115. The van der Waals surface area contributed by atoms with Crippen LogP contribution in [0, 0.1) is 0 Å². The molecule has 0 aromatic heterocycles. The molecule has 1 aliphatic rings. The summed E-state index contributed by atoms with van der Waals surface area (Å²) < 4.78 is 11.2. The third kappa shape index (κ3) is 4.82. The molecule has 1 aliphatic heterocycles. The molecule has 0 atom stereocenters. The average molecular weight is 437 g/mol. The molecule has 1 amide bonds. The van der Waals surface area contributed by atoms with Crippen molar-refractivity contribution in [3.8, 4) is 11.5 Å². The van der Waals surface area contributed by atoms with Gasteiger partial charge in [-0.1, -0.05) is 29.3 Å². The highest BCUT2D eigenvalue weighted by molar-refractivity contribution is 8.18. The molecule has 0 unspecified atom stereocenters. The van der Waals surface area contributed by atoms with E-state index in [-0.39, 0.29) is 5.91 Å². The van der Waals surface area contributed by atoms with Gasteiger partial charge in [0.2, 0.25) is 0 Å². The number of nitrogens with one attached hydrogen (secondary N) is 1. The van der Waals surface area contributed by atoms with E-state index in [0.29, 0.717) is 44.8 Å².